The standard InChI is InChI=1S/C16H20N4O2/c21-16(17-11-14-7-4-10-22-14)18-15-8-9-20(19-15)12-13-5-2-1-3-6-13/h1-3,5-6,8-9,14H,4,7,10-12H2,(H2,17,18,19,21). The lowest BCUT2D eigenvalue weighted by atomic mass is 10.2. The number of ether oxygens (including phenoxy) is 1. The number of urea groups is 1. The van der Waals surface area contributed by atoms with Gasteiger partial charge < -0.3 is 10.1 Å². The Morgan fingerprint density at radius 2 is 2.18 bits per heavy atom. The number of benzene rings is 1. The second-order valence-electron chi connectivity index (χ2n) is 5.35. The van der Waals surface area contributed by atoms with Gasteiger partial charge in [0.1, 0.15) is 0 Å². The highest BCUT2D eigenvalue weighted by molar-refractivity contribution is 5.88. The van der Waals surface area contributed by atoms with Crippen molar-refractivity contribution in [3.8, 4) is 0 Å². The van der Waals surface area contributed by atoms with Crippen LogP contribution in [0.1, 0.15) is 18.4 Å². The maximum absolute atomic E-state index is 11.8. The Morgan fingerprint density at radius 3 is 2.95 bits per heavy atom. The van der Waals surface area contributed by atoms with Crippen molar-refractivity contribution < 1.29 is 9.53 Å². The molecule has 2 amide bonds. The van der Waals surface area contributed by atoms with Crippen LogP contribution >= 0.6 is 0 Å². The van der Waals surface area contributed by atoms with Crippen molar-refractivity contribution in [3.05, 3.63) is 48.2 Å². The van der Waals surface area contributed by atoms with Gasteiger partial charge in [-0.3, -0.25) is 10.00 Å². The van der Waals surface area contributed by atoms with Crippen molar-refractivity contribution in [2.75, 3.05) is 18.5 Å². The number of carbonyl (C=O) groups excluding carboxylic acids is 1. The maximum Gasteiger partial charge on any atom is 0.320 e. The van der Waals surface area contributed by atoms with Gasteiger partial charge in [0.15, 0.2) is 5.82 Å². The van der Waals surface area contributed by atoms with Gasteiger partial charge in [-0.25, -0.2) is 4.79 Å². The molecule has 0 aliphatic carbocycles. The van der Waals surface area contributed by atoms with Crippen LogP contribution in [0, 0.1) is 0 Å². The zero-order valence-electron chi connectivity index (χ0n) is 12.4. The van der Waals surface area contributed by atoms with Gasteiger partial charge in [0.2, 0.25) is 0 Å². The minimum Gasteiger partial charge on any atom is -0.376 e. The lowest BCUT2D eigenvalue weighted by molar-refractivity contribution is 0.112. The summed E-state index contributed by atoms with van der Waals surface area (Å²) in [5.74, 6) is 0.542. The molecule has 0 radical (unpaired) electrons. The molecule has 1 aromatic carbocycles. The molecule has 0 spiro atoms. The predicted molar refractivity (Wildman–Crippen MR) is 83.8 cm³/mol. The zero-order chi connectivity index (χ0) is 15.2. The van der Waals surface area contributed by atoms with E-state index in [1.54, 1.807) is 10.7 Å². The molecule has 1 unspecified atom stereocenters. The molecule has 2 N–H and O–H groups in total. The predicted octanol–water partition coefficient (Wildman–Crippen LogP) is 2.23. The van der Waals surface area contributed by atoms with Crippen molar-refractivity contribution >= 4 is 11.8 Å². The number of rotatable bonds is 5. The van der Waals surface area contributed by atoms with Gasteiger partial charge in [0, 0.05) is 25.4 Å². The number of anilines is 1. The SMILES string of the molecule is O=C(NCC1CCCO1)Nc1ccn(Cc2ccccc2)n1. The van der Waals surface area contributed by atoms with Crippen LogP contribution in [0.3, 0.4) is 0 Å². The van der Waals surface area contributed by atoms with Gasteiger partial charge in [-0.15, -0.1) is 0 Å². The van der Waals surface area contributed by atoms with Crippen LogP contribution in [-0.2, 0) is 11.3 Å². The van der Waals surface area contributed by atoms with E-state index in [9.17, 15) is 4.79 Å². The summed E-state index contributed by atoms with van der Waals surface area (Å²) < 4.78 is 7.26. The Balaban J connectivity index is 1.47. The third-order valence-corrected chi connectivity index (χ3v) is 3.58. The average Bonchev–Trinajstić information content (AvgIpc) is 3.18. The molecular weight excluding hydrogens is 280 g/mol. The molecule has 22 heavy (non-hydrogen) atoms. The van der Waals surface area contributed by atoms with Crippen LogP contribution < -0.4 is 10.6 Å². The molecule has 3 rings (SSSR count). The summed E-state index contributed by atoms with van der Waals surface area (Å²) in [6, 6.07) is 11.6. The van der Waals surface area contributed by atoms with Crippen LogP contribution in [-0.4, -0.2) is 35.1 Å². The van der Waals surface area contributed by atoms with Gasteiger partial charge in [0.05, 0.1) is 12.6 Å². The Morgan fingerprint density at radius 1 is 1.32 bits per heavy atom. The van der Waals surface area contributed by atoms with Crippen molar-refractivity contribution in [2.45, 2.75) is 25.5 Å². The van der Waals surface area contributed by atoms with Crippen molar-refractivity contribution in [1.82, 2.24) is 15.1 Å². The van der Waals surface area contributed by atoms with Crippen molar-refractivity contribution in [3.63, 3.8) is 0 Å². The summed E-state index contributed by atoms with van der Waals surface area (Å²) >= 11 is 0. The third kappa shape index (κ3) is 4.08. The van der Waals surface area contributed by atoms with E-state index in [1.807, 2.05) is 36.5 Å². The van der Waals surface area contributed by atoms with Gasteiger partial charge in [-0.1, -0.05) is 30.3 Å². The number of carbonyl (C=O) groups is 1. The molecule has 1 saturated heterocycles. The fourth-order valence-corrected chi connectivity index (χ4v) is 2.46. The summed E-state index contributed by atoms with van der Waals surface area (Å²) in [6.45, 7) is 2.01. The number of amides is 2. The minimum atomic E-state index is -0.250. The first-order valence-electron chi connectivity index (χ1n) is 7.53. The number of hydrogen-bond donors (Lipinski definition) is 2. The number of hydrogen-bond acceptors (Lipinski definition) is 3. The molecule has 2 aromatic rings. The van der Waals surface area contributed by atoms with Gasteiger partial charge >= 0.3 is 6.03 Å². The van der Waals surface area contributed by atoms with E-state index in [-0.39, 0.29) is 12.1 Å². The Hall–Kier alpha value is -2.34. The van der Waals surface area contributed by atoms with E-state index in [2.05, 4.69) is 15.7 Å². The molecule has 0 saturated carbocycles. The van der Waals surface area contributed by atoms with Crippen LogP contribution in [0.2, 0.25) is 0 Å². The van der Waals surface area contributed by atoms with E-state index in [0.29, 0.717) is 18.9 Å². The molecule has 1 fully saturated rings. The Labute approximate surface area is 129 Å². The molecule has 1 aliphatic rings. The van der Waals surface area contributed by atoms with Crippen LogP contribution in [0.4, 0.5) is 10.6 Å². The topological polar surface area (TPSA) is 68.2 Å². The number of nitrogens with one attached hydrogen (secondary N) is 2. The molecule has 1 atom stereocenters. The molecular formula is C16H20N4O2. The van der Waals surface area contributed by atoms with Crippen molar-refractivity contribution in [2.24, 2.45) is 0 Å². The Bertz CT molecular complexity index is 606. The molecule has 1 aliphatic heterocycles. The zero-order valence-corrected chi connectivity index (χ0v) is 12.4. The monoisotopic (exact) mass is 300 g/mol. The molecule has 6 heteroatoms. The van der Waals surface area contributed by atoms with Gasteiger partial charge in [-0.2, -0.15) is 5.10 Å². The molecule has 2 heterocycles. The van der Waals surface area contributed by atoms with E-state index in [4.69, 9.17) is 4.74 Å². The first kappa shape index (κ1) is 14.6. The molecule has 0 bridgehead atoms. The number of aromatic nitrogens is 2. The summed E-state index contributed by atoms with van der Waals surface area (Å²) in [4.78, 5) is 11.8. The third-order valence-electron chi connectivity index (χ3n) is 3.58. The fraction of sp³-hybridized carbons (Fsp3) is 0.375. The fourth-order valence-electron chi connectivity index (χ4n) is 2.46. The van der Waals surface area contributed by atoms with Crippen LogP contribution in [0.25, 0.3) is 0 Å². The first-order chi connectivity index (χ1) is 10.8. The highest BCUT2D eigenvalue weighted by Crippen LogP contribution is 2.11. The summed E-state index contributed by atoms with van der Waals surface area (Å²) in [7, 11) is 0. The highest BCUT2D eigenvalue weighted by Gasteiger charge is 2.16. The lowest BCUT2D eigenvalue weighted by Gasteiger charge is -2.10. The van der Waals surface area contributed by atoms with Crippen LogP contribution in [0.5, 0.6) is 0 Å². The first-order valence-corrected chi connectivity index (χ1v) is 7.53. The lowest BCUT2D eigenvalue weighted by Crippen LogP contribution is -2.35. The minimum absolute atomic E-state index is 0.140. The maximum atomic E-state index is 11.8. The van der Waals surface area contributed by atoms with Gasteiger partial charge in [-0.05, 0) is 18.4 Å². The quantitative estimate of drug-likeness (QED) is 0.889. The normalized spacial score (nSPS) is 17.4. The summed E-state index contributed by atoms with van der Waals surface area (Å²) in [6.07, 6.45) is 4.06. The van der Waals surface area contributed by atoms with E-state index in [0.717, 1.165) is 19.4 Å². The molecule has 6 nitrogen and oxygen atoms in total. The summed E-state index contributed by atoms with van der Waals surface area (Å²) in [5, 5.41) is 9.88. The highest BCUT2D eigenvalue weighted by atomic mass is 16.5. The average molecular weight is 300 g/mol. The van der Waals surface area contributed by atoms with E-state index < -0.39 is 0 Å². The van der Waals surface area contributed by atoms with Crippen molar-refractivity contribution in [1.29, 1.82) is 0 Å². The van der Waals surface area contributed by atoms with E-state index >= 15 is 0 Å². The second kappa shape index (κ2) is 7.09. The smallest absolute Gasteiger partial charge is 0.320 e. The summed E-state index contributed by atoms with van der Waals surface area (Å²) in [5.41, 5.74) is 1.17. The second-order valence-corrected chi connectivity index (χ2v) is 5.35. The molecule has 1 aromatic heterocycles. The Kier molecular flexibility index (Phi) is 4.70. The number of nitrogens with zero attached hydrogens (tertiary/aromatic N) is 2. The van der Waals surface area contributed by atoms with E-state index in [1.165, 1.54) is 5.56 Å². The van der Waals surface area contributed by atoms with Gasteiger partial charge in [0.25, 0.3) is 0 Å². The molecule has 116 valence electrons. The van der Waals surface area contributed by atoms with Crippen LogP contribution in [0.15, 0.2) is 42.6 Å². The largest absolute Gasteiger partial charge is 0.376 e.